The number of hydrogen-bond donors (Lipinski definition) is 1. The molecule has 0 saturated carbocycles. The molecule has 0 amide bonds. The summed E-state index contributed by atoms with van der Waals surface area (Å²) in [4.78, 5) is 7.61. The number of hydrogen-bond acceptors (Lipinski definition) is 6. The van der Waals surface area contributed by atoms with Crippen molar-refractivity contribution in [2.75, 3.05) is 4.72 Å². The molecule has 2 heterocycles. The standard InChI is InChI=1S/C17H12F3N3O3S2/c18-17(19,20)26-13-5-1-2-6-14(13)28(24,25)23-12-8-10-22-16(11-12)27-15-7-3-4-9-21-15/h1-11H,(H,22,23). The Morgan fingerprint density at radius 3 is 2.36 bits per heavy atom. The maximum atomic E-state index is 12.6. The fraction of sp³-hybridized carbons (Fsp3) is 0.0588. The highest BCUT2D eigenvalue weighted by Gasteiger charge is 2.34. The molecule has 6 nitrogen and oxygen atoms in total. The van der Waals surface area contributed by atoms with Crippen LogP contribution in [-0.4, -0.2) is 24.7 Å². The van der Waals surface area contributed by atoms with Gasteiger partial charge in [-0.1, -0.05) is 30.0 Å². The summed E-state index contributed by atoms with van der Waals surface area (Å²) in [6.07, 6.45) is -2.04. The van der Waals surface area contributed by atoms with Gasteiger partial charge in [-0.15, -0.1) is 13.2 Å². The zero-order valence-electron chi connectivity index (χ0n) is 13.9. The van der Waals surface area contributed by atoms with E-state index in [1.807, 2.05) is 0 Å². The molecule has 0 unspecified atom stereocenters. The van der Waals surface area contributed by atoms with Crippen LogP contribution < -0.4 is 9.46 Å². The van der Waals surface area contributed by atoms with Crippen molar-refractivity contribution in [1.82, 2.24) is 9.97 Å². The molecule has 146 valence electrons. The van der Waals surface area contributed by atoms with Gasteiger partial charge in [0.15, 0.2) is 0 Å². The van der Waals surface area contributed by atoms with E-state index in [0.29, 0.717) is 10.1 Å². The van der Waals surface area contributed by atoms with E-state index in [2.05, 4.69) is 19.4 Å². The van der Waals surface area contributed by atoms with Crippen LogP contribution in [0.15, 0.2) is 81.9 Å². The number of sulfonamides is 1. The number of halogens is 3. The first-order valence-corrected chi connectivity index (χ1v) is 9.95. The second kappa shape index (κ2) is 8.07. The van der Waals surface area contributed by atoms with Gasteiger partial charge < -0.3 is 4.74 Å². The van der Waals surface area contributed by atoms with E-state index >= 15 is 0 Å². The van der Waals surface area contributed by atoms with Crippen LogP contribution in [0.25, 0.3) is 0 Å². The normalized spacial score (nSPS) is 11.8. The lowest BCUT2D eigenvalue weighted by Crippen LogP contribution is -2.20. The number of nitrogens with one attached hydrogen (secondary N) is 1. The maximum absolute atomic E-state index is 12.6. The first kappa shape index (κ1) is 20.0. The molecule has 0 saturated heterocycles. The number of ether oxygens (including phenoxy) is 1. The molecule has 3 rings (SSSR count). The molecule has 0 atom stereocenters. The van der Waals surface area contributed by atoms with Crippen molar-refractivity contribution in [2.24, 2.45) is 0 Å². The quantitative estimate of drug-likeness (QED) is 0.631. The fourth-order valence-corrected chi connectivity index (χ4v) is 4.09. The lowest BCUT2D eigenvalue weighted by molar-refractivity contribution is -0.275. The topological polar surface area (TPSA) is 81.2 Å². The second-order valence-corrected chi connectivity index (χ2v) is 7.94. The van der Waals surface area contributed by atoms with Gasteiger partial charge in [0.1, 0.15) is 20.7 Å². The van der Waals surface area contributed by atoms with Crippen LogP contribution in [-0.2, 0) is 10.0 Å². The average molecular weight is 427 g/mol. The summed E-state index contributed by atoms with van der Waals surface area (Å²) >= 11 is 1.20. The Morgan fingerprint density at radius 1 is 0.929 bits per heavy atom. The van der Waals surface area contributed by atoms with Crippen LogP contribution in [0.2, 0.25) is 0 Å². The smallest absolute Gasteiger partial charge is 0.404 e. The highest BCUT2D eigenvalue weighted by molar-refractivity contribution is 7.99. The largest absolute Gasteiger partial charge is 0.573 e. The van der Waals surface area contributed by atoms with Crippen LogP contribution in [0, 0.1) is 0 Å². The van der Waals surface area contributed by atoms with Crippen LogP contribution >= 0.6 is 11.8 Å². The molecule has 1 aromatic carbocycles. The number of rotatable bonds is 6. The van der Waals surface area contributed by atoms with Crippen LogP contribution in [0.5, 0.6) is 5.75 Å². The summed E-state index contributed by atoms with van der Waals surface area (Å²) in [6.45, 7) is 0. The van der Waals surface area contributed by atoms with Gasteiger partial charge >= 0.3 is 6.36 Å². The third-order valence-electron chi connectivity index (χ3n) is 3.20. The van der Waals surface area contributed by atoms with Gasteiger partial charge in [0, 0.05) is 12.4 Å². The molecule has 0 fully saturated rings. The van der Waals surface area contributed by atoms with Crippen LogP contribution in [0.3, 0.4) is 0 Å². The molecule has 0 radical (unpaired) electrons. The highest BCUT2D eigenvalue weighted by atomic mass is 32.2. The number of alkyl halides is 3. The van der Waals surface area contributed by atoms with Crippen molar-refractivity contribution in [2.45, 2.75) is 21.3 Å². The average Bonchev–Trinajstić information content (AvgIpc) is 2.61. The van der Waals surface area contributed by atoms with Crippen molar-refractivity contribution >= 4 is 27.5 Å². The Balaban J connectivity index is 1.85. The molecule has 2 aromatic heterocycles. The van der Waals surface area contributed by atoms with Gasteiger partial charge in [0.05, 0.1) is 5.69 Å². The maximum Gasteiger partial charge on any atom is 0.573 e. The van der Waals surface area contributed by atoms with E-state index in [9.17, 15) is 21.6 Å². The van der Waals surface area contributed by atoms with E-state index in [-0.39, 0.29) is 5.69 Å². The van der Waals surface area contributed by atoms with Gasteiger partial charge in [0.25, 0.3) is 10.0 Å². The molecule has 1 N–H and O–H groups in total. The summed E-state index contributed by atoms with van der Waals surface area (Å²) in [5.41, 5.74) is 0.134. The van der Waals surface area contributed by atoms with Crippen molar-refractivity contribution in [3.8, 4) is 5.75 Å². The van der Waals surface area contributed by atoms with Gasteiger partial charge in [-0.25, -0.2) is 18.4 Å². The van der Waals surface area contributed by atoms with E-state index in [1.165, 1.54) is 42.2 Å². The van der Waals surface area contributed by atoms with E-state index in [1.54, 1.807) is 24.4 Å². The predicted octanol–water partition coefficient (Wildman–Crippen LogP) is 4.33. The van der Waals surface area contributed by atoms with E-state index in [4.69, 9.17) is 0 Å². The first-order valence-electron chi connectivity index (χ1n) is 7.65. The lowest BCUT2D eigenvalue weighted by Gasteiger charge is -2.14. The number of para-hydroxylation sites is 1. The molecule has 0 bridgehead atoms. The SMILES string of the molecule is O=S(=O)(Nc1ccnc(Sc2ccccn2)c1)c1ccccc1OC(F)(F)F. The monoisotopic (exact) mass is 427 g/mol. The molecule has 11 heteroatoms. The number of pyridine rings is 2. The van der Waals surface area contributed by atoms with Crippen molar-refractivity contribution < 1.29 is 26.3 Å². The minimum absolute atomic E-state index is 0.134. The third kappa shape index (κ3) is 5.36. The summed E-state index contributed by atoms with van der Waals surface area (Å²) in [5, 5.41) is 1.11. The Hall–Kier alpha value is -2.79. The zero-order chi connectivity index (χ0) is 20.2. The number of benzene rings is 1. The van der Waals surface area contributed by atoms with Crippen molar-refractivity contribution in [1.29, 1.82) is 0 Å². The van der Waals surface area contributed by atoms with Gasteiger partial charge in [0.2, 0.25) is 0 Å². The zero-order valence-corrected chi connectivity index (χ0v) is 15.6. The Morgan fingerprint density at radius 2 is 1.64 bits per heavy atom. The molecule has 0 aliphatic heterocycles. The van der Waals surface area contributed by atoms with Gasteiger partial charge in [-0.2, -0.15) is 0 Å². The minimum atomic E-state index is -5.02. The lowest BCUT2D eigenvalue weighted by atomic mass is 10.3. The number of aromatic nitrogens is 2. The fourth-order valence-electron chi connectivity index (χ4n) is 2.13. The predicted molar refractivity (Wildman–Crippen MR) is 96.5 cm³/mol. The first-order chi connectivity index (χ1) is 13.2. The van der Waals surface area contributed by atoms with E-state index < -0.39 is 27.0 Å². The molecule has 28 heavy (non-hydrogen) atoms. The van der Waals surface area contributed by atoms with Gasteiger partial charge in [-0.3, -0.25) is 4.72 Å². The highest BCUT2D eigenvalue weighted by Crippen LogP contribution is 2.31. The Kier molecular flexibility index (Phi) is 5.75. The number of nitrogens with zero attached hydrogens (tertiary/aromatic N) is 2. The molecule has 0 spiro atoms. The van der Waals surface area contributed by atoms with Crippen LogP contribution in [0.4, 0.5) is 18.9 Å². The molecular weight excluding hydrogens is 415 g/mol. The van der Waals surface area contributed by atoms with E-state index in [0.717, 1.165) is 12.1 Å². The Bertz CT molecular complexity index is 1060. The summed E-state index contributed by atoms with van der Waals surface area (Å²) < 4.78 is 68.8. The molecule has 3 aromatic rings. The molecule has 0 aliphatic rings. The van der Waals surface area contributed by atoms with Gasteiger partial charge in [-0.05, 0) is 36.4 Å². The Labute approximate surface area is 162 Å². The second-order valence-electron chi connectivity index (χ2n) is 5.25. The third-order valence-corrected chi connectivity index (χ3v) is 5.50. The van der Waals surface area contributed by atoms with Crippen molar-refractivity contribution in [3.05, 3.63) is 67.0 Å². The number of anilines is 1. The van der Waals surface area contributed by atoms with Crippen LogP contribution in [0.1, 0.15) is 0 Å². The molecular formula is C17H12F3N3O3S2. The summed E-state index contributed by atoms with van der Waals surface area (Å²) in [7, 11) is -4.33. The minimum Gasteiger partial charge on any atom is -0.404 e. The van der Waals surface area contributed by atoms with Crippen molar-refractivity contribution in [3.63, 3.8) is 0 Å². The summed E-state index contributed by atoms with van der Waals surface area (Å²) in [6, 6.07) is 12.6. The summed E-state index contributed by atoms with van der Waals surface area (Å²) in [5.74, 6) is -0.820. The molecule has 0 aliphatic carbocycles.